The molecule has 4 bridgehead atoms. The van der Waals surface area contributed by atoms with Gasteiger partial charge in [0.25, 0.3) is 0 Å². The third-order valence-electron chi connectivity index (χ3n) is 11.6. The first-order valence-corrected chi connectivity index (χ1v) is 15.5. The number of hydrogen-bond acceptors (Lipinski definition) is 5. The topological polar surface area (TPSA) is 95.1 Å². The lowest BCUT2D eigenvalue weighted by atomic mass is 9.81. The molecule has 9 atom stereocenters. The van der Waals surface area contributed by atoms with E-state index in [-0.39, 0.29) is 53.2 Å². The van der Waals surface area contributed by atoms with Crippen molar-refractivity contribution in [3.05, 3.63) is 0 Å². The van der Waals surface area contributed by atoms with E-state index in [1.165, 1.54) is 9.80 Å². The molecule has 38 heavy (non-hydrogen) atoms. The predicted octanol–water partition coefficient (Wildman–Crippen LogP) is 2.99. The van der Waals surface area contributed by atoms with Gasteiger partial charge in [-0.15, -0.1) is 0 Å². The van der Waals surface area contributed by atoms with Crippen LogP contribution in [0.2, 0.25) is 0 Å². The van der Waals surface area contributed by atoms with Gasteiger partial charge >= 0.3 is 0 Å². The van der Waals surface area contributed by atoms with Crippen LogP contribution in [0.15, 0.2) is 0 Å². The van der Waals surface area contributed by atoms with Gasteiger partial charge in [0, 0.05) is 19.6 Å². The third kappa shape index (κ3) is 3.64. The molecule has 0 aromatic carbocycles. The van der Waals surface area contributed by atoms with Gasteiger partial charge in [-0.1, -0.05) is 12.8 Å². The normalized spacial score (nSPS) is 40.4. The van der Waals surface area contributed by atoms with Crippen LogP contribution >= 0.6 is 0 Å². The number of nitrogens with zero attached hydrogens (tertiary/aromatic N) is 3. The van der Waals surface area contributed by atoms with Gasteiger partial charge in [-0.25, -0.2) is 0 Å². The lowest BCUT2D eigenvalue weighted by Crippen LogP contribution is -2.52. The van der Waals surface area contributed by atoms with E-state index in [2.05, 4.69) is 0 Å². The molecule has 3 aliphatic heterocycles. The second-order valence-corrected chi connectivity index (χ2v) is 13.4. The number of carbonyl (C=O) groups excluding carboxylic acids is 5. The fraction of sp³-hybridized carbons (Fsp3) is 0.833. The molecule has 0 spiro atoms. The van der Waals surface area contributed by atoms with Crippen molar-refractivity contribution in [3.8, 4) is 0 Å². The van der Waals surface area contributed by atoms with Crippen molar-refractivity contribution in [3.63, 3.8) is 0 Å². The van der Waals surface area contributed by atoms with Crippen LogP contribution in [-0.2, 0) is 24.0 Å². The Hall–Kier alpha value is -2.25. The maximum absolute atomic E-state index is 13.9. The Kier molecular flexibility index (Phi) is 6.15. The second kappa shape index (κ2) is 9.44. The Morgan fingerprint density at radius 2 is 1.13 bits per heavy atom. The number of imide groups is 2. The van der Waals surface area contributed by atoms with Crippen molar-refractivity contribution in [1.82, 2.24) is 14.7 Å². The van der Waals surface area contributed by atoms with E-state index >= 15 is 0 Å². The summed E-state index contributed by atoms with van der Waals surface area (Å²) in [7, 11) is 0. The van der Waals surface area contributed by atoms with Crippen molar-refractivity contribution < 1.29 is 24.0 Å². The molecule has 206 valence electrons. The standard InChI is InChI=1S/C30H41N3O5/c34-26(31-12-4-1-2-5-13-31)21(33-29(37)24-19-10-11-20(16-19)25(24)30(33)38)7-3-6-14-32-27(35)22-17-8-9-18(15-17)23(22)28(32)36/h17-25H,1-16H2/t17-,18-,19-,20-,21-,22-,23+,24-,25+/m0/s1. The summed E-state index contributed by atoms with van der Waals surface area (Å²) >= 11 is 0. The van der Waals surface area contributed by atoms with Crippen LogP contribution in [0.4, 0.5) is 0 Å². The predicted molar refractivity (Wildman–Crippen MR) is 137 cm³/mol. The lowest BCUT2D eigenvalue weighted by molar-refractivity contribution is -0.152. The van der Waals surface area contributed by atoms with Crippen molar-refractivity contribution in [2.75, 3.05) is 19.6 Å². The first-order chi connectivity index (χ1) is 18.5. The SMILES string of the molecule is O=C([C@H](CCCCN1C(=O)[C@@H]2[C@H]3CC[C@@H](C3)[C@@H]2C1=O)N1C(=O)[C@@H]2[C@H]3CC[C@@H](C3)[C@@H]2C1=O)N1CCCCCC1. The Labute approximate surface area is 224 Å². The van der Waals surface area contributed by atoms with Gasteiger partial charge in [-0.3, -0.25) is 33.8 Å². The Balaban J connectivity index is 1.04. The molecule has 7 rings (SSSR count). The molecular weight excluding hydrogens is 482 g/mol. The average Bonchev–Trinajstić information content (AvgIpc) is 3.74. The second-order valence-electron chi connectivity index (χ2n) is 13.4. The largest absolute Gasteiger partial charge is 0.341 e. The summed E-state index contributed by atoms with van der Waals surface area (Å²) in [4.78, 5) is 72.0. The van der Waals surface area contributed by atoms with Crippen LogP contribution in [0.3, 0.4) is 0 Å². The zero-order chi connectivity index (χ0) is 26.1. The van der Waals surface area contributed by atoms with Crippen LogP contribution in [0.5, 0.6) is 0 Å². The highest BCUT2D eigenvalue weighted by atomic mass is 16.2. The van der Waals surface area contributed by atoms with Crippen LogP contribution < -0.4 is 0 Å². The average molecular weight is 524 g/mol. The number of likely N-dealkylation sites (tertiary alicyclic amines) is 3. The fourth-order valence-corrected chi connectivity index (χ4v) is 9.90. The zero-order valence-electron chi connectivity index (χ0n) is 22.4. The molecule has 5 amide bonds. The highest BCUT2D eigenvalue weighted by molar-refractivity contribution is 6.09. The van der Waals surface area contributed by atoms with E-state index in [9.17, 15) is 24.0 Å². The maximum Gasteiger partial charge on any atom is 0.245 e. The number of rotatable bonds is 7. The fourth-order valence-electron chi connectivity index (χ4n) is 9.90. The summed E-state index contributed by atoms with van der Waals surface area (Å²) in [6, 6.07) is -0.752. The molecule has 4 aliphatic carbocycles. The van der Waals surface area contributed by atoms with Crippen LogP contribution in [0.1, 0.15) is 83.5 Å². The van der Waals surface area contributed by atoms with E-state index in [0.717, 1.165) is 64.2 Å². The zero-order valence-corrected chi connectivity index (χ0v) is 22.4. The third-order valence-corrected chi connectivity index (χ3v) is 11.6. The molecule has 0 radical (unpaired) electrons. The smallest absolute Gasteiger partial charge is 0.245 e. The minimum Gasteiger partial charge on any atom is -0.341 e. The number of amides is 5. The Morgan fingerprint density at radius 3 is 1.63 bits per heavy atom. The van der Waals surface area contributed by atoms with Crippen LogP contribution in [0.25, 0.3) is 0 Å². The van der Waals surface area contributed by atoms with Crippen LogP contribution in [-0.4, -0.2) is 69.9 Å². The van der Waals surface area contributed by atoms with Crippen molar-refractivity contribution in [1.29, 1.82) is 0 Å². The first kappa shape index (κ1) is 24.8. The Bertz CT molecular complexity index is 994. The maximum atomic E-state index is 13.9. The number of hydrogen-bond donors (Lipinski definition) is 0. The molecule has 4 saturated carbocycles. The van der Waals surface area contributed by atoms with Gasteiger partial charge in [0.05, 0.1) is 23.7 Å². The molecule has 0 aromatic heterocycles. The van der Waals surface area contributed by atoms with Gasteiger partial charge in [0.2, 0.25) is 29.5 Å². The molecule has 0 aromatic rings. The molecule has 3 saturated heterocycles. The first-order valence-electron chi connectivity index (χ1n) is 15.5. The molecule has 0 N–H and O–H groups in total. The van der Waals surface area contributed by atoms with Gasteiger partial charge in [-0.2, -0.15) is 0 Å². The molecule has 3 heterocycles. The van der Waals surface area contributed by atoms with Crippen molar-refractivity contribution >= 4 is 29.5 Å². The van der Waals surface area contributed by atoms with Gasteiger partial charge < -0.3 is 4.90 Å². The summed E-state index contributed by atoms with van der Waals surface area (Å²) in [6.07, 6.45) is 11.9. The van der Waals surface area contributed by atoms with Crippen LogP contribution in [0, 0.1) is 47.3 Å². The lowest BCUT2D eigenvalue weighted by Gasteiger charge is -2.32. The summed E-state index contributed by atoms with van der Waals surface area (Å²) < 4.78 is 0. The monoisotopic (exact) mass is 523 g/mol. The molecular formula is C30H41N3O5. The molecule has 8 nitrogen and oxygen atoms in total. The van der Waals surface area contributed by atoms with Gasteiger partial charge in [0.15, 0.2) is 0 Å². The van der Waals surface area contributed by atoms with Crippen molar-refractivity contribution in [2.45, 2.75) is 89.5 Å². The minimum absolute atomic E-state index is 0.0117. The van der Waals surface area contributed by atoms with E-state index in [4.69, 9.17) is 0 Å². The van der Waals surface area contributed by atoms with Gasteiger partial charge in [-0.05, 0) is 94.3 Å². The summed E-state index contributed by atoms with van der Waals surface area (Å²) in [5, 5.41) is 0. The van der Waals surface area contributed by atoms with E-state index in [1.807, 2.05) is 4.90 Å². The molecule has 8 heteroatoms. The quantitative estimate of drug-likeness (QED) is 0.378. The van der Waals surface area contributed by atoms with E-state index in [1.54, 1.807) is 0 Å². The Morgan fingerprint density at radius 1 is 0.658 bits per heavy atom. The highest BCUT2D eigenvalue weighted by Crippen LogP contribution is 2.57. The van der Waals surface area contributed by atoms with Gasteiger partial charge in [0.1, 0.15) is 6.04 Å². The summed E-state index contributed by atoms with van der Waals surface area (Å²) in [5.41, 5.74) is 0. The summed E-state index contributed by atoms with van der Waals surface area (Å²) in [5.74, 6) is 0.391. The molecule has 7 fully saturated rings. The number of carbonyl (C=O) groups is 5. The van der Waals surface area contributed by atoms with Crippen molar-refractivity contribution in [2.24, 2.45) is 47.3 Å². The number of fused-ring (bicyclic) bond motifs is 10. The van der Waals surface area contributed by atoms with E-state index < -0.39 is 6.04 Å². The summed E-state index contributed by atoms with van der Waals surface area (Å²) in [6.45, 7) is 1.75. The molecule has 7 aliphatic rings. The highest BCUT2D eigenvalue weighted by Gasteiger charge is 2.63. The molecule has 0 unspecified atom stereocenters. The minimum atomic E-state index is -0.752. The van der Waals surface area contributed by atoms with E-state index in [0.29, 0.717) is 62.6 Å². The number of unbranched alkanes of at least 4 members (excludes halogenated alkanes) is 1.